The number of hydrogen-bond acceptors (Lipinski definition) is 4. The SMILES string of the molecule is CC(C)CCNC(=O)c1nc(N)n[nH]1. The molecule has 78 valence electrons. The van der Waals surface area contributed by atoms with Crippen LogP contribution < -0.4 is 11.1 Å². The Bertz CT molecular complexity index is 306. The monoisotopic (exact) mass is 197 g/mol. The first-order chi connectivity index (χ1) is 6.59. The molecule has 1 amide bonds. The molecule has 6 nitrogen and oxygen atoms in total. The highest BCUT2D eigenvalue weighted by Gasteiger charge is 2.09. The summed E-state index contributed by atoms with van der Waals surface area (Å²) < 4.78 is 0. The van der Waals surface area contributed by atoms with E-state index in [2.05, 4.69) is 34.3 Å². The van der Waals surface area contributed by atoms with Crippen molar-refractivity contribution in [1.82, 2.24) is 20.5 Å². The van der Waals surface area contributed by atoms with E-state index < -0.39 is 0 Å². The largest absolute Gasteiger partial charge is 0.366 e. The van der Waals surface area contributed by atoms with Gasteiger partial charge in [-0.2, -0.15) is 4.98 Å². The molecule has 0 unspecified atom stereocenters. The van der Waals surface area contributed by atoms with Gasteiger partial charge in [-0.3, -0.25) is 9.89 Å². The number of H-pyrrole nitrogens is 1. The van der Waals surface area contributed by atoms with E-state index in [1.54, 1.807) is 0 Å². The fourth-order valence-electron chi connectivity index (χ4n) is 0.934. The number of hydrogen-bond donors (Lipinski definition) is 3. The first-order valence-electron chi connectivity index (χ1n) is 4.55. The third kappa shape index (κ3) is 3.04. The van der Waals surface area contributed by atoms with Crippen molar-refractivity contribution in [2.75, 3.05) is 12.3 Å². The van der Waals surface area contributed by atoms with Crippen LogP contribution in [0, 0.1) is 5.92 Å². The maximum atomic E-state index is 11.3. The first kappa shape index (κ1) is 10.5. The van der Waals surface area contributed by atoms with Crippen molar-refractivity contribution >= 4 is 11.9 Å². The maximum absolute atomic E-state index is 11.3. The van der Waals surface area contributed by atoms with Crippen LogP contribution in [0.4, 0.5) is 5.95 Å². The summed E-state index contributed by atoms with van der Waals surface area (Å²) in [6, 6.07) is 0. The highest BCUT2D eigenvalue weighted by atomic mass is 16.2. The van der Waals surface area contributed by atoms with Gasteiger partial charge in [0.15, 0.2) is 0 Å². The van der Waals surface area contributed by atoms with Crippen molar-refractivity contribution in [2.45, 2.75) is 20.3 Å². The van der Waals surface area contributed by atoms with Gasteiger partial charge in [0.25, 0.3) is 5.91 Å². The zero-order valence-electron chi connectivity index (χ0n) is 8.37. The summed E-state index contributed by atoms with van der Waals surface area (Å²) >= 11 is 0. The lowest BCUT2D eigenvalue weighted by atomic mass is 10.1. The molecule has 0 aliphatic rings. The lowest BCUT2D eigenvalue weighted by Gasteiger charge is -2.04. The molecule has 0 saturated heterocycles. The van der Waals surface area contributed by atoms with E-state index >= 15 is 0 Å². The van der Waals surface area contributed by atoms with Crippen LogP contribution in [-0.2, 0) is 0 Å². The highest BCUT2D eigenvalue weighted by molar-refractivity contribution is 5.90. The van der Waals surface area contributed by atoms with E-state index in [0.717, 1.165) is 6.42 Å². The number of nitrogens with zero attached hydrogens (tertiary/aromatic N) is 2. The third-order valence-corrected chi connectivity index (χ3v) is 1.73. The molecule has 14 heavy (non-hydrogen) atoms. The molecular formula is C8H15N5O. The van der Waals surface area contributed by atoms with Crippen LogP contribution >= 0.6 is 0 Å². The zero-order chi connectivity index (χ0) is 10.6. The molecule has 0 radical (unpaired) electrons. The quantitative estimate of drug-likeness (QED) is 0.640. The van der Waals surface area contributed by atoms with Crippen LogP contribution in [0.5, 0.6) is 0 Å². The Balaban J connectivity index is 2.36. The van der Waals surface area contributed by atoms with Gasteiger partial charge in [0.05, 0.1) is 0 Å². The Morgan fingerprint density at radius 3 is 2.86 bits per heavy atom. The summed E-state index contributed by atoms with van der Waals surface area (Å²) in [5.74, 6) is 0.537. The molecule has 1 aromatic heterocycles. The number of carbonyl (C=O) groups is 1. The van der Waals surface area contributed by atoms with Crippen LogP contribution in [0.2, 0.25) is 0 Å². The van der Waals surface area contributed by atoms with Crippen LogP contribution in [0.15, 0.2) is 0 Å². The molecule has 0 bridgehead atoms. The smallest absolute Gasteiger partial charge is 0.288 e. The molecule has 0 aliphatic carbocycles. The Morgan fingerprint density at radius 1 is 1.64 bits per heavy atom. The van der Waals surface area contributed by atoms with Gasteiger partial charge < -0.3 is 11.1 Å². The Morgan fingerprint density at radius 2 is 2.36 bits per heavy atom. The normalized spacial score (nSPS) is 10.5. The number of carbonyl (C=O) groups excluding carboxylic acids is 1. The van der Waals surface area contributed by atoms with Crippen LogP contribution in [0.1, 0.15) is 30.9 Å². The zero-order valence-corrected chi connectivity index (χ0v) is 8.37. The predicted octanol–water partition coefficient (Wildman–Crippen LogP) is 0.163. The van der Waals surface area contributed by atoms with E-state index in [-0.39, 0.29) is 17.7 Å². The van der Waals surface area contributed by atoms with Crippen molar-refractivity contribution in [3.8, 4) is 0 Å². The van der Waals surface area contributed by atoms with E-state index in [9.17, 15) is 4.79 Å². The minimum absolute atomic E-state index is 0.0824. The Labute approximate surface area is 82.3 Å². The number of rotatable bonds is 4. The second-order valence-corrected chi connectivity index (χ2v) is 3.48. The van der Waals surface area contributed by atoms with Crippen molar-refractivity contribution in [3.63, 3.8) is 0 Å². The molecule has 0 spiro atoms. The van der Waals surface area contributed by atoms with E-state index in [1.807, 2.05) is 0 Å². The van der Waals surface area contributed by atoms with Crippen LogP contribution in [-0.4, -0.2) is 27.6 Å². The van der Waals surface area contributed by atoms with Crippen molar-refractivity contribution in [1.29, 1.82) is 0 Å². The summed E-state index contributed by atoms with van der Waals surface area (Å²) in [6.07, 6.45) is 0.940. The lowest BCUT2D eigenvalue weighted by molar-refractivity contribution is 0.0942. The number of anilines is 1. The first-order valence-corrected chi connectivity index (χ1v) is 4.55. The molecule has 0 atom stereocenters. The lowest BCUT2D eigenvalue weighted by Crippen LogP contribution is -2.26. The molecule has 1 aromatic rings. The van der Waals surface area contributed by atoms with E-state index in [0.29, 0.717) is 12.5 Å². The molecule has 1 heterocycles. The number of nitrogens with two attached hydrogens (primary N) is 1. The maximum Gasteiger partial charge on any atom is 0.288 e. The van der Waals surface area contributed by atoms with Gasteiger partial charge in [-0.25, -0.2) is 0 Å². The second-order valence-electron chi connectivity index (χ2n) is 3.48. The van der Waals surface area contributed by atoms with Gasteiger partial charge in [-0.15, -0.1) is 5.10 Å². The Hall–Kier alpha value is -1.59. The Kier molecular flexibility index (Phi) is 3.44. The number of aromatic nitrogens is 3. The summed E-state index contributed by atoms with van der Waals surface area (Å²) in [6.45, 7) is 4.83. The van der Waals surface area contributed by atoms with Gasteiger partial charge in [0, 0.05) is 6.54 Å². The minimum atomic E-state index is -0.269. The molecule has 6 heteroatoms. The molecule has 0 aromatic carbocycles. The fraction of sp³-hybridized carbons (Fsp3) is 0.625. The molecule has 0 aliphatic heterocycles. The summed E-state index contributed by atoms with van der Waals surface area (Å²) in [5, 5.41) is 8.72. The minimum Gasteiger partial charge on any atom is -0.366 e. The highest BCUT2D eigenvalue weighted by Crippen LogP contribution is 1.97. The topological polar surface area (TPSA) is 96.7 Å². The molecule has 0 saturated carbocycles. The fourth-order valence-corrected chi connectivity index (χ4v) is 0.934. The van der Waals surface area contributed by atoms with E-state index in [4.69, 9.17) is 5.73 Å². The summed E-state index contributed by atoms with van der Waals surface area (Å²) in [4.78, 5) is 15.0. The molecular weight excluding hydrogens is 182 g/mol. The van der Waals surface area contributed by atoms with Crippen LogP contribution in [0.25, 0.3) is 0 Å². The van der Waals surface area contributed by atoms with Gasteiger partial charge in [0.1, 0.15) is 0 Å². The second kappa shape index (κ2) is 4.59. The van der Waals surface area contributed by atoms with Gasteiger partial charge in [-0.1, -0.05) is 13.8 Å². The van der Waals surface area contributed by atoms with Crippen molar-refractivity contribution < 1.29 is 4.79 Å². The molecule has 0 fully saturated rings. The number of nitrogen functional groups attached to an aromatic ring is 1. The third-order valence-electron chi connectivity index (χ3n) is 1.73. The average Bonchev–Trinajstić information content (AvgIpc) is 2.51. The van der Waals surface area contributed by atoms with Crippen molar-refractivity contribution in [3.05, 3.63) is 5.82 Å². The molecule has 4 N–H and O–H groups in total. The van der Waals surface area contributed by atoms with Crippen molar-refractivity contribution in [2.24, 2.45) is 5.92 Å². The average molecular weight is 197 g/mol. The predicted molar refractivity (Wildman–Crippen MR) is 52.6 cm³/mol. The number of amides is 1. The summed E-state index contributed by atoms with van der Waals surface area (Å²) in [5.41, 5.74) is 5.26. The number of nitrogens with one attached hydrogen (secondary N) is 2. The van der Waals surface area contributed by atoms with Crippen LogP contribution in [0.3, 0.4) is 0 Å². The van der Waals surface area contributed by atoms with Gasteiger partial charge in [-0.05, 0) is 12.3 Å². The van der Waals surface area contributed by atoms with Gasteiger partial charge in [0.2, 0.25) is 11.8 Å². The van der Waals surface area contributed by atoms with E-state index in [1.165, 1.54) is 0 Å². The number of aromatic amines is 1. The molecule has 1 rings (SSSR count). The summed E-state index contributed by atoms with van der Waals surface area (Å²) in [7, 11) is 0. The standard InChI is InChI=1S/C8H15N5O/c1-5(2)3-4-10-7(14)6-11-8(9)13-12-6/h5H,3-4H2,1-2H3,(H,10,14)(H3,9,11,12,13). The van der Waals surface area contributed by atoms with Gasteiger partial charge >= 0.3 is 0 Å².